The summed E-state index contributed by atoms with van der Waals surface area (Å²) in [5.41, 5.74) is 1.75. The van der Waals surface area contributed by atoms with E-state index in [1.54, 1.807) is 16.8 Å². The molecule has 1 aromatic heterocycles. The molecule has 0 spiro atoms. The number of halogens is 2. The summed E-state index contributed by atoms with van der Waals surface area (Å²) in [6, 6.07) is 10.9. The van der Waals surface area contributed by atoms with Gasteiger partial charge in [-0.2, -0.15) is 20.1 Å². The zero-order valence-electron chi connectivity index (χ0n) is 10.4. The Morgan fingerprint density at radius 3 is 2.55 bits per heavy atom. The van der Waals surface area contributed by atoms with Crippen LogP contribution in [0.2, 0.25) is 0 Å². The lowest BCUT2D eigenvalue weighted by atomic mass is 10.2. The van der Waals surface area contributed by atoms with Gasteiger partial charge in [0.1, 0.15) is 0 Å². The predicted octanol–water partition coefficient (Wildman–Crippen LogP) is 3.77. The molecule has 2 heterocycles. The second-order valence-electron chi connectivity index (χ2n) is 4.54. The van der Waals surface area contributed by atoms with Gasteiger partial charge in [0.25, 0.3) is 0 Å². The number of alkyl halides is 2. The van der Waals surface area contributed by atoms with Crippen LogP contribution in [-0.4, -0.2) is 16.7 Å². The topological polar surface area (TPSA) is 20.3 Å². The Balaban J connectivity index is 1.96. The Kier molecular flexibility index (Phi) is 3.14. The van der Waals surface area contributed by atoms with Crippen LogP contribution in [0.25, 0.3) is 5.70 Å². The molecule has 1 aliphatic heterocycles. The molecule has 3 rings (SSSR count). The molecule has 0 N–H and O–H groups in total. The van der Waals surface area contributed by atoms with E-state index < -0.39 is 11.8 Å². The number of thiophene rings is 1. The molecule has 0 unspecified atom stereocenters. The standard InChI is InChI=1S/C15H11F2NOS/c16-15(17)8-13(12-6-7-20-10-12)18(14(15)19)9-11-4-2-1-3-5-11/h1-8,10H,9H2. The summed E-state index contributed by atoms with van der Waals surface area (Å²) in [5.74, 6) is -4.59. The molecule has 0 radical (unpaired) electrons. The molecule has 2 nitrogen and oxygen atoms in total. The smallest absolute Gasteiger partial charge is 0.302 e. The second-order valence-corrected chi connectivity index (χ2v) is 5.32. The number of carbonyl (C=O) groups excluding carboxylic acids is 1. The number of hydrogen-bond donors (Lipinski definition) is 0. The largest absolute Gasteiger partial charge is 0.345 e. The van der Waals surface area contributed by atoms with E-state index in [0.717, 1.165) is 16.5 Å². The van der Waals surface area contributed by atoms with E-state index in [4.69, 9.17) is 0 Å². The van der Waals surface area contributed by atoms with Crippen molar-refractivity contribution in [1.82, 2.24) is 4.90 Å². The van der Waals surface area contributed by atoms with Gasteiger partial charge in [0.15, 0.2) is 0 Å². The number of hydrogen-bond acceptors (Lipinski definition) is 2. The van der Waals surface area contributed by atoms with E-state index in [1.807, 2.05) is 30.3 Å². The molecule has 0 saturated carbocycles. The van der Waals surface area contributed by atoms with Crippen LogP contribution in [0.5, 0.6) is 0 Å². The quantitative estimate of drug-likeness (QED) is 0.843. The average molecular weight is 291 g/mol. The molecule has 0 aliphatic carbocycles. The lowest BCUT2D eigenvalue weighted by Crippen LogP contribution is -2.34. The summed E-state index contributed by atoms with van der Waals surface area (Å²) in [4.78, 5) is 13.0. The predicted molar refractivity (Wildman–Crippen MR) is 74.2 cm³/mol. The summed E-state index contributed by atoms with van der Waals surface area (Å²) in [6.07, 6.45) is 0.750. The molecule has 1 amide bonds. The molecule has 0 fully saturated rings. The molecule has 0 bridgehead atoms. The van der Waals surface area contributed by atoms with Crippen molar-refractivity contribution in [2.24, 2.45) is 0 Å². The minimum atomic E-state index is -3.42. The van der Waals surface area contributed by atoms with Gasteiger partial charge in [0, 0.05) is 17.0 Å². The first kappa shape index (κ1) is 13.0. The zero-order chi connectivity index (χ0) is 14.2. The Labute approximate surface area is 119 Å². The van der Waals surface area contributed by atoms with Crippen molar-refractivity contribution in [3.05, 3.63) is 64.4 Å². The highest BCUT2D eigenvalue weighted by atomic mass is 32.1. The summed E-state index contributed by atoms with van der Waals surface area (Å²) in [7, 11) is 0. The van der Waals surface area contributed by atoms with Crippen LogP contribution >= 0.6 is 11.3 Å². The fourth-order valence-corrected chi connectivity index (χ4v) is 2.82. The molecular formula is C15H11F2NOS. The van der Waals surface area contributed by atoms with E-state index in [-0.39, 0.29) is 12.2 Å². The summed E-state index contributed by atoms with van der Waals surface area (Å²) in [6.45, 7) is 0.150. The van der Waals surface area contributed by atoms with Crippen molar-refractivity contribution in [2.45, 2.75) is 12.5 Å². The maximum atomic E-state index is 13.7. The SMILES string of the molecule is O=C1N(Cc2ccccc2)C(c2ccsc2)=CC1(F)F. The lowest BCUT2D eigenvalue weighted by Gasteiger charge is -2.20. The molecule has 5 heteroatoms. The molecule has 20 heavy (non-hydrogen) atoms. The van der Waals surface area contributed by atoms with Gasteiger partial charge in [-0.25, -0.2) is 0 Å². The fraction of sp³-hybridized carbons (Fsp3) is 0.133. The van der Waals surface area contributed by atoms with E-state index in [2.05, 4.69) is 0 Å². The lowest BCUT2D eigenvalue weighted by molar-refractivity contribution is -0.145. The number of benzene rings is 1. The third-order valence-corrected chi connectivity index (χ3v) is 3.82. The fourth-order valence-electron chi connectivity index (χ4n) is 2.17. The monoisotopic (exact) mass is 291 g/mol. The first-order valence-electron chi connectivity index (χ1n) is 6.07. The first-order valence-corrected chi connectivity index (χ1v) is 7.01. The molecule has 0 saturated heterocycles. The van der Waals surface area contributed by atoms with Crippen LogP contribution in [0.4, 0.5) is 8.78 Å². The molecular weight excluding hydrogens is 280 g/mol. The van der Waals surface area contributed by atoms with Crippen molar-refractivity contribution < 1.29 is 13.6 Å². The van der Waals surface area contributed by atoms with E-state index in [1.165, 1.54) is 11.3 Å². The van der Waals surface area contributed by atoms with Gasteiger partial charge in [-0.15, -0.1) is 0 Å². The minimum Gasteiger partial charge on any atom is -0.302 e. The molecule has 2 aromatic rings. The molecule has 0 atom stereocenters. The highest BCUT2D eigenvalue weighted by molar-refractivity contribution is 7.08. The maximum absolute atomic E-state index is 13.7. The first-order chi connectivity index (χ1) is 9.58. The van der Waals surface area contributed by atoms with Gasteiger partial charge in [0.05, 0.1) is 12.2 Å². The summed E-state index contributed by atoms with van der Waals surface area (Å²) < 4.78 is 27.3. The van der Waals surface area contributed by atoms with Crippen LogP contribution in [0.15, 0.2) is 53.2 Å². The minimum absolute atomic E-state index is 0.150. The van der Waals surface area contributed by atoms with Crippen LogP contribution < -0.4 is 0 Å². The second kappa shape index (κ2) is 4.83. The van der Waals surface area contributed by atoms with Crippen LogP contribution in [-0.2, 0) is 11.3 Å². The Hall–Kier alpha value is -2.01. The number of amides is 1. The van der Waals surface area contributed by atoms with Gasteiger partial charge in [-0.05, 0) is 17.0 Å². The highest BCUT2D eigenvalue weighted by Gasteiger charge is 2.47. The normalized spacial score (nSPS) is 17.4. The van der Waals surface area contributed by atoms with Crippen molar-refractivity contribution in [3.63, 3.8) is 0 Å². The van der Waals surface area contributed by atoms with Crippen LogP contribution in [0.3, 0.4) is 0 Å². The summed E-state index contributed by atoms with van der Waals surface area (Å²) >= 11 is 1.41. The maximum Gasteiger partial charge on any atom is 0.345 e. The van der Waals surface area contributed by atoms with Gasteiger partial charge in [0.2, 0.25) is 0 Å². The Morgan fingerprint density at radius 2 is 1.90 bits per heavy atom. The van der Waals surface area contributed by atoms with E-state index >= 15 is 0 Å². The summed E-state index contributed by atoms with van der Waals surface area (Å²) in [5, 5.41) is 3.57. The third kappa shape index (κ3) is 2.25. The number of rotatable bonds is 3. The zero-order valence-corrected chi connectivity index (χ0v) is 11.2. The van der Waals surface area contributed by atoms with E-state index in [0.29, 0.717) is 5.56 Å². The van der Waals surface area contributed by atoms with Gasteiger partial charge in [-0.3, -0.25) is 4.79 Å². The van der Waals surface area contributed by atoms with Gasteiger partial charge in [-0.1, -0.05) is 30.3 Å². The Bertz CT molecular complexity index is 650. The van der Waals surface area contributed by atoms with Gasteiger partial charge < -0.3 is 4.90 Å². The van der Waals surface area contributed by atoms with Crippen molar-refractivity contribution in [3.8, 4) is 0 Å². The van der Waals surface area contributed by atoms with E-state index in [9.17, 15) is 13.6 Å². The third-order valence-electron chi connectivity index (χ3n) is 3.14. The highest BCUT2D eigenvalue weighted by Crippen LogP contribution is 2.37. The number of carbonyl (C=O) groups is 1. The Morgan fingerprint density at radius 1 is 1.15 bits per heavy atom. The number of nitrogens with zero attached hydrogens (tertiary/aromatic N) is 1. The van der Waals surface area contributed by atoms with Crippen molar-refractivity contribution >= 4 is 22.9 Å². The average Bonchev–Trinajstić information content (AvgIpc) is 3.03. The van der Waals surface area contributed by atoms with Crippen molar-refractivity contribution in [2.75, 3.05) is 0 Å². The van der Waals surface area contributed by atoms with Crippen LogP contribution in [0.1, 0.15) is 11.1 Å². The van der Waals surface area contributed by atoms with Gasteiger partial charge >= 0.3 is 11.8 Å². The molecule has 102 valence electrons. The van der Waals surface area contributed by atoms with Crippen LogP contribution in [0, 0.1) is 0 Å². The molecule has 1 aliphatic rings. The molecule has 1 aromatic carbocycles. The van der Waals surface area contributed by atoms with Crippen molar-refractivity contribution in [1.29, 1.82) is 0 Å².